The number of piperidine rings is 1. The summed E-state index contributed by atoms with van der Waals surface area (Å²) in [6.45, 7) is 2.18. The zero-order valence-electron chi connectivity index (χ0n) is 7.01. The third kappa shape index (κ3) is 1.43. The molecule has 1 fully saturated rings. The zero-order chi connectivity index (χ0) is 8.39. The normalized spacial score (nSPS) is 24.2. The van der Waals surface area contributed by atoms with Gasteiger partial charge < -0.3 is 11.1 Å². The lowest BCUT2D eigenvalue weighted by Crippen LogP contribution is -2.28. The average molecular weight is 166 g/mol. The van der Waals surface area contributed by atoms with E-state index in [1.54, 1.807) is 0 Å². The number of H-pyrrole nitrogens is 1. The van der Waals surface area contributed by atoms with Crippen LogP contribution < -0.4 is 11.1 Å². The molecule has 66 valence electrons. The molecule has 1 aliphatic rings. The first kappa shape index (κ1) is 7.61. The first-order chi connectivity index (χ1) is 5.86. The van der Waals surface area contributed by atoms with E-state index in [-0.39, 0.29) is 0 Å². The first-order valence-corrected chi connectivity index (χ1v) is 4.38. The number of anilines is 1. The molecule has 4 heteroatoms. The van der Waals surface area contributed by atoms with Gasteiger partial charge in [-0.2, -0.15) is 5.10 Å². The van der Waals surface area contributed by atoms with Crippen LogP contribution in [-0.4, -0.2) is 23.3 Å². The summed E-state index contributed by atoms with van der Waals surface area (Å²) in [6.07, 6.45) is 2.47. The van der Waals surface area contributed by atoms with Crippen LogP contribution in [0.3, 0.4) is 0 Å². The van der Waals surface area contributed by atoms with Gasteiger partial charge in [0.1, 0.15) is 5.82 Å². The molecule has 1 aliphatic heterocycles. The molecular formula is C8H14N4. The average Bonchev–Trinajstić information content (AvgIpc) is 2.54. The summed E-state index contributed by atoms with van der Waals surface area (Å²) < 4.78 is 0. The summed E-state index contributed by atoms with van der Waals surface area (Å²) in [5, 5.41) is 10.2. The Hall–Kier alpha value is -1.03. The Kier molecular flexibility index (Phi) is 1.99. The summed E-state index contributed by atoms with van der Waals surface area (Å²) in [6, 6.07) is 1.93. The quantitative estimate of drug-likeness (QED) is 0.567. The van der Waals surface area contributed by atoms with Gasteiger partial charge in [0.25, 0.3) is 0 Å². The van der Waals surface area contributed by atoms with Crippen molar-refractivity contribution >= 4 is 5.82 Å². The number of hydrogen-bond donors (Lipinski definition) is 3. The molecule has 0 radical (unpaired) electrons. The van der Waals surface area contributed by atoms with Gasteiger partial charge in [-0.25, -0.2) is 0 Å². The van der Waals surface area contributed by atoms with Crippen molar-refractivity contribution in [3.8, 4) is 0 Å². The molecule has 4 N–H and O–H groups in total. The molecule has 1 aromatic rings. The Morgan fingerprint density at radius 1 is 1.58 bits per heavy atom. The van der Waals surface area contributed by atoms with Crippen LogP contribution in [0.1, 0.15) is 24.5 Å². The number of nitrogens with one attached hydrogen (secondary N) is 2. The molecule has 1 atom stereocenters. The molecule has 1 saturated heterocycles. The molecule has 4 nitrogen and oxygen atoms in total. The van der Waals surface area contributed by atoms with Crippen LogP contribution in [0, 0.1) is 0 Å². The van der Waals surface area contributed by atoms with Crippen molar-refractivity contribution in [1.29, 1.82) is 0 Å². The number of aromatic nitrogens is 2. The van der Waals surface area contributed by atoms with E-state index in [1.807, 2.05) is 6.07 Å². The second kappa shape index (κ2) is 3.15. The van der Waals surface area contributed by atoms with E-state index in [0.717, 1.165) is 13.1 Å². The maximum absolute atomic E-state index is 5.52. The lowest BCUT2D eigenvalue weighted by Gasteiger charge is -2.20. The van der Waals surface area contributed by atoms with Gasteiger partial charge in [-0.15, -0.1) is 0 Å². The monoisotopic (exact) mass is 166 g/mol. The van der Waals surface area contributed by atoms with E-state index in [9.17, 15) is 0 Å². The number of aromatic amines is 1. The van der Waals surface area contributed by atoms with Crippen molar-refractivity contribution in [1.82, 2.24) is 15.5 Å². The van der Waals surface area contributed by atoms with Crippen molar-refractivity contribution in [2.24, 2.45) is 0 Å². The third-order valence-electron chi connectivity index (χ3n) is 2.35. The third-order valence-corrected chi connectivity index (χ3v) is 2.35. The van der Waals surface area contributed by atoms with E-state index >= 15 is 0 Å². The highest BCUT2D eigenvalue weighted by Crippen LogP contribution is 2.21. The Morgan fingerprint density at radius 2 is 2.50 bits per heavy atom. The standard InChI is InChI=1S/C8H14N4/c9-8-4-7(11-12-8)6-2-1-3-10-5-6/h4,6,10H,1-3,5H2,(H3,9,11,12)/t6-/m1/s1. The Bertz CT molecular complexity index is 249. The van der Waals surface area contributed by atoms with Crippen molar-refractivity contribution < 1.29 is 0 Å². The molecule has 1 aromatic heterocycles. The van der Waals surface area contributed by atoms with Crippen LogP contribution in [0.2, 0.25) is 0 Å². The summed E-state index contributed by atoms with van der Waals surface area (Å²) in [7, 11) is 0. The molecule has 0 unspecified atom stereocenters. The summed E-state index contributed by atoms with van der Waals surface area (Å²) in [5.74, 6) is 1.17. The lowest BCUT2D eigenvalue weighted by atomic mass is 9.96. The van der Waals surface area contributed by atoms with Crippen molar-refractivity contribution in [2.45, 2.75) is 18.8 Å². The van der Waals surface area contributed by atoms with Gasteiger partial charge in [0, 0.05) is 24.2 Å². The Morgan fingerprint density at radius 3 is 3.08 bits per heavy atom. The molecule has 0 amide bonds. The van der Waals surface area contributed by atoms with Gasteiger partial charge in [0.2, 0.25) is 0 Å². The first-order valence-electron chi connectivity index (χ1n) is 4.38. The molecule has 2 heterocycles. The van der Waals surface area contributed by atoms with Crippen LogP contribution in [0.15, 0.2) is 6.07 Å². The van der Waals surface area contributed by atoms with Gasteiger partial charge in [-0.05, 0) is 19.4 Å². The van der Waals surface area contributed by atoms with Crippen molar-refractivity contribution in [3.63, 3.8) is 0 Å². The fourth-order valence-corrected chi connectivity index (χ4v) is 1.68. The lowest BCUT2D eigenvalue weighted by molar-refractivity contribution is 0.454. The smallest absolute Gasteiger partial charge is 0.145 e. The van der Waals surface area contributed by atoms with Gasteiger partial charge in [0.05, 0.1) is 0 Å². The Balaban J connectivity index is 2.08. The minimum Gasteiger partial charge on any atom is -0.382 e. The van der Waals surface area contributed by atoms with Crippen LogP contribution in [-0.2, 0) is 0 Å². The molecule has 0 spiro atoms. The molecule has 2 rings (SSSR count). The molecule has 0 aliphatic carbocycles. The van der Waals surface area contributed by atoms with Gasteiger partial charge in [0.15, 0.2) is 0 Å². The zero-order valence-corrected chi connectivity index (χ0v) is 7.01. The summed E-state index contributed by atoms with van der Waals surface area (Å²) in [4.78, 5) is 0. The van der Waals surface area contributed by atoms with E-state index < -0.39 is 0 Å². The van der Waals surface area contributed by atoms with E-state index in [0.29, 0.717) is 11.7 Å². The predicted octanol–water partition coefficient (Wildman–Crippen LogP) is 0.459. The van der Waals surface area contributed by atoms with Gasteiger partial charge in [-0.3, -0.25) is 5.10 Å². The van der Waals surface area contributed by atoms with Gasteiger partial charge in [-0.1, -0.05) is 0 Å². The molecule has 0 aromatic carbocycles. The highest BCUT2D eigenvalue weighted by Gasteiger charge is 2.16. The van der Waals surface area contributed by atoms with Crippen molar-refractivity contribution in [3.05, 3.63) is 11.8 Å². The second-order valence-electron chi connectivity index (χ2n) is 3.29. The maximum atomic E-state index is 5.52. The van der Waals surface area contributed by atoms with Crippen LogP contribution in [0.5, 0.6) is 0 Å². The molecule has 12 heavy (non-hydrogen) atoms. The van der Waals surface area contributed by atoms with E-state index in [2.05, 4.69) is 15.5 Å². The predicted molar refractivity (Wildman–Crippen MR) is 47.8 cm³/mol. The fourth-order valence-electron chi connectivity index (χ4n) is 1.68. The molecule has 0 saturated carbocycles. The minimum absolute atomic E-state index is 0.573. The fraction of sp³-hybridized carbons (Fsp3) is 0.625. The summed E-state index contributed by atoms with van der Waals surface area (Å²) >= 11 is 0. The highest BCUT2D eigenvalue weighted by molar-refractivity contribution is 5.30. The molecule has 0 bridgehead atoms. The number of nitrogen functional groups attached to an aromatic ring is 1. The Labute approximate surface area is 71.5 Å². The largest absolute Gasteiger partial charge is 0.382 e. The van der Waals surface area contributed by atoms with Crippen LogP contribution in [0.4, 0.5) is 5.82 Å². The van der Waals surface area contributed by atoms with Crippen LogP contribution >= 0.6 is 0 Å². The number of rotatable bonds is 1. The minimum atomic E-state index is 0.573. The number of hydrogen-bond acceptors (Lipinski definition) is 3. The van der Waals surface area contributed by atoms with Crippen molar-refractivity contribution in [2.75, 3.05) is 18.8 Å². The molecular weight excluding hydrogens is 152 g/mol. The second-order valence-corrected chi connectivity index (χ2v) is 3.29. The maximum Gasteiger partial charge on any atom is 0.145 e. The SMILES string of the molecule is Nc1cc([C@@H]2CCCNC2)[nH]n1. The van der Waals surface area contributed by atoms with Gasteiger partial charge >= 0.3 is 0 Å². The highest BCUT2D eigenvalue weighted by atomic mass is 15.2. The van der Waals surface area contributed by atoms with E-state index in [4.69, 9.17) is 5.73 Å². The van der Waals surface area contributed by atoms with E-state index in [1.165, 1.54) is 18.5 Å². The summed E-state index contributed by atoms with van der Waals surface area (Å²) in [5.41, 5.74) is 6.69. The number of nitrogens with two attached hydrogens (primary N) is 1. The number of nitrogens with zero attached hydrogens (tertiary/aromatic N) is 1. The topological polar surface area (TPSA) is 66.7 Å². The van der Waals surface area contributed by atoms with Crippen LogP contribution in [0.25, 0.3) is 0 Å².